The van der Waals surface area contributed by atoms with Crippen LogP contribution in [-0.4, -0.2) is 37.3 Å². The fourth-order valence-electron chi connectivity index (χ4n) is 3.57. The molecule has 0 aliphatic heterocycles. The van der Waals surface area contributed by atoms with Gasteiger partial charge in [0.05, 0.1) is 27.3 Å². The van der Waals surface area contributed by atoms with E-state index in [2.05, 4.69) is 20.8 Å². The number of aryl methyl sites for hydroxylation is 1. The minimum atomic E-state index is -0.490. The van der Waals surface area contributed by atoms with Crippen LogP contribution >= 0.6 is 35.0 Å². The van der Waals surface area contributed by atoms with Gasteiger partial charge in [-0.15, -0.1) is 10.2 Å². The quantitative estimate of drug-likeness (QED) is 0.184. The molecular weight excluding hydrogens is 539 g/mol. The van der Waals surface area contributed by atoms with Crippen molar-refractivity contribution in [2.24, 2.45) is 5.92 Å². The Morgan fingerprint density at radius 1 is 1.16 bits per heavy atom. The minimum absolute atomic E-state index is 0.0128. The van der Waals surface area contributed by atoms with Gasteiger partial charge in [-0.1, -0.05) is 54.9 Å². The number of aromatic nitrogens is 3. The number of nitro groups is 1. The first kappa shape index (κ1) is 28.4. The van der Waals surface area contributed by atoms with Crippen LogP contribution in [0, 0.1) is 23.0 Å². The summed E-state index contributed by atoms with van der Waals surface area (Å²) in [5.74, 6) is -0.178. The molecule has 37 heavy (non-hydrogen) atoms. The Labute approximate surface area is 228 Å². The van der Waals surface area contributed by atoms with Gasteiger partial charge in [-0.3, -0.25) is 19.7 Å². The molecule has 0 radical (unpaired) electrons. The van der Waals surface area contributed by atoms with Crippen molar-refractivity contribution in [2.45, 2.75) is 45.4 Å². The Bertz CT molecular complexity index is 1330. The topological polar surface area (TPSA) is 132 Å². The van der Waals surface area contributed by atoms with E-state index in [0.717, 1.165) is 0 Å². The summed E-state index contributed by atoms with van der Waals surface area (Å²) in [6.45, 7) is 7.95. The van der Waals surface area contributed by atoms with Gasteiger partial charge in [0.2, 0.25) is 5.91 Å². The van der Waals surface area contributed by atoms with Crippen molar-refractivity contribution in [3.05, 3.63) is 73.5 Å². The Kier molecular flexibility index (Phi) is 9.52. The molecule has 2 aromatic carbocycles. The molecule has 3 aromatic rings. The number of benzene rings is 2. The summed E-state index contributed by atoms with van der Waals surface area (Å²) in [7, 11) is 0. The molecule has 0 aliphatic carbocycles. The highest BCUT2D eigenvalue weighted by Gasteiger charge is 2.27. The summed E-state index contributed by atoms with van der Waals surface area (Å²) in [6, 6.07) is 8.71. The maximum absolute atomic E-state index is 13.0. The third-order valence-electron chi connectivity index (χ3n) is 5.49. The first-order chi connectivity index (χ1) is 17.5. The van der Waals surface area contributed by atoms with Crippen molar-refractivity contribution >= 4 is 58.2 Å². The zero-order chi connectivity index (χ0) is 27.3. The summed E-state index contributed by atoms with van der Waals surface area (Å²) in [5.41, 5.74) is 1.07. The average molecular weight is 565 g/mol. The number of hydrogen-bond donors (Lipinski definition) is 2. The number of thioether (sulfide) groups is 1. The van der Waals surface area contributed by atoms with Gasteiger partial charge in [0.1, 0.15) is 0 Å². The van der Waals surface area contributed by atoms with E-state index in [-0.39, 0.29) is 34.2 Å². The maximum Gasteiger partial charge on any atom is 0.274 e. The van der Waals surface area contributed by atoms with Crippen LogP contribution in [0.5, 0.6) is 0 Å². The highest BCUT2D eigenvalue weighted by molar-refractivity contribution is 7.99. The van der Waals surface area contributed by atoms with E-state index in [1.165, 1.54) is 23.9 Å². The van der Waals surface area contributed by atoms with Crippen LogP contribution in [-0.2, 0) is 11.3 Å². The number of nitrogens with one attached hydrogen (secondary N) is 2. The molecular formula is C24H26Cl2N6O4S. The summed E-state index contributed by atoms with van der Waals surface area (Å²) in [6.07, 6.45) is 0. The van der Waals surface area contributed by atoms with E-state index in [1.807, 2.05) is 25.3 Å². The molecule has 1 heterocycles. The number of carbonyl (C=O) groups is 2. The molecule has 0 aliphatic rings. The van der Waals surface area contributed by atoms with Crippen LogP contribution in [0.1, 0.15) is 48.6 Å². The number of anilines is 1. The predicted molar refractivity (Wildman–Crippen MR) is 144 cm³/mol. The molecule has 3 rings (SSSR count). The van der Waals surface area contributed by atoms with Crippen LogP contribution in [0.4, 0.5) is 11.4 Å². The highest BCUT2D eigenvalue weighted by Crippen LogP contribution is 2.28. The van der Waals surface area contributed by atoms with Crippen molar-refractivity contribution in [1.29, 1.82) is 0 Å². The normalized spacial score (nSPS) is 11.9. The van der Waals surface area contributed by atoms with Gasteiger partial charge >= 0.3 is 0 Å². The van der Waals surface area contributed by atoms with E-state index >= 15 is 0 Å². The number of halogens is 2. The zero-order valence-electron chi connectivity index (χ0n) is 20.6. The molecule has 0 saturated heterocycles. The van der Waals surface area contributed by atoms with Crippen molar-refractivity contribution < 1.29 is 14.5 Å². The number of nitrogens with zero attached hydrogens (tertiary/aromatic N) is 4. The number of nitro benzene ring substituents is 1. The molecule has 0 bridgehead atoms. The molecule has 0 spiro atoms. The summed E-state index contributed by atoms with van der Waals surface area (Å²) in [5, 5.41) is 26.5. The van der Waals surface area contributed by atoms with Crippen LogP contribution in [0.25, 0.3) is 0 Å². The zero-order valence-corrected chi connectivity index (χ0v) is 22.9. The third kappa shape index (κ3) is 7.00. The smallest absolute Gasteiger partial charge is 0.274 e. The Hall–Kier alpha value is -3.15. The Morgan fingerprint density at radius 2 is 1.89 bits per heavy atom. The monoisotopic (exact) mass is 564 g/mol. The number of amides is 2. The lowest BCUT2D eigenvalue weighted by molar-refractivity contribution is -0.385. The van der Waals surface area contributed by atoms with Gasteiger partial charge in [-0.25, -0.2) is 0 Å². The first-order valence-electron chi connectivity index (χ1n) is 11.4. The summed E-state index contributed by atoms with van der Waals surface area (Å²) in [4.78, 5) is 36.1. The van der Waals surface area contributed by atoms with Crippen molar-refractivity contribution in [2.75, 3.05) is 11.1 Å². The lowest BCUT2D eigenvalue weighted by Crippen LogP contribution is -2.34. The highest BCUT2D eigenvalue weighted by atomic mass is 35.5. The molecule has 0 saturated carbocycles. The van der Waals surface area contributed by atoms with Crippen molar-refractivity contribution in [3.63, 3.8) is 0 Å². The van der Waals surface area contributed by atoms with Gasteiger partial charge < -0.3 is 15.2 Å². The second-order valence-electron chi connectivity index (χ2n) is 8.50. The van der Waals surface area contributed by atoms with Crippen LogP contribution in [0.3, 0.4) is 0 Å². The minimum Gasteiger partial charge on any atom is -0.342 e. The SMILES string of the molecule is CCn1c(SCC(=O)Nc2ccc(C)c([N+](=O)[O-])c2)nnc1[C@@H](NC(=O)c1ccc(Cl)cc1Cl)C(C)C. The van der Waals surface area contributed by atoms with Crippen LogP contribution in [0.15, 0.2) is 41.6 Å². The van der Waals surface area contributed by atoms with Crippen molar-refractivity contribution in [3.8, 4) is 0 Å². The fourth-order valence-corrected chi connectivity index (χ4v) is 4.87. The molecule has 10 nitrogen and oxygen atoms in total. The van der Waals surface area contributed by atoms with Gasteiger partial charge in [0.25, 0.3) is 11.6 Å². The lowest BCUT2D eigenvalue weighted by atomic mass is 10.0. The van der Waals surface area contributed by atoms with E-state index in [4.69, 9.17) is 23.2 Å². The third-order valence-corrected chi connectivity index (χ3v) is 7.01. The summed E-state index contributed by atoms with van der Waals surface area (Å²) >= 11 is 13.3. The molecule has 1 aromatic heterocycles. The largest absolute Gasteiger partial charge is 0.342 e. The van der Waals surface area contributed by atoms with Crippen molar-refractivity contribution in [1.82, 2.24) is 20.1 Å². The van der Waals surface area contributed by atoms with Gasteiger partial charge in [0.15, 0.2) is 11.0 Å². The van der Waals surface area contributed by atoms with E-state index in [1.54, 1.807) is 31.2 Å². The number of carbonyl (C=O) groups excluding carboxylic acids is 2. The predicted octanol–water partition coefficient (Wildman–Crippen LogP) is 5.68. The molecule has 2 N–H and O–H groups in total. The number of hydrogen-bond acceptors (Lipinski definition) is 7. The van der Waals surface area contributed by atoms with Crippen LogP contribution < -0.4 is 10.6 Å². The van der Waals surface area contributed by atoms with Crippen LogP contribution in [0.2, 0.25) is 10.0 Å². The second-order valence-corrected chi connectivity index (χ2v) is 10.3. The fraction of sp³-hybridized carbons (Fsp3) is 0.333. The Morgan fingerprint density at radius 3 is 2.51 bits per heavy atom. The molecule has 1 atom stereocenters. The molecule has 2 amide bonds. The molecule has 0 fully saturated rings. The Balaban J connectivity index is 1.73. The molecule has 0 unspecified atom stereocenters. The van der Waals surface area contributed by atoms with E-state index in [9.17, 15) is 19.7 Å². The molecule has 13 heteroatoms. The maximum atomic E-state index is 13.0. The molecule has 196 valence electrons. The first-order valence-corrected chi connectivity index (χ1v) is 13.1. The summed E-state index contributed by atoms with van der Waals surface area (Å²) < 4.78 is 1.84. The second kappa shape index (κ2) is 12.4. The van der Waals surface area contributed by atoms with Gasteiger partial charge in [-0.2, -0.15) is 0 Å². The van der Waals surface area contributed by atoms with Gasteiger partial charge in [0, 0.05) is 28.9 Å². The van der Waals surface area contributed by atoms with E-state index in [0.29, 0.717) is 39.4 Å². The number of rotatable bonds is 10. The van der Waals surface area contributed by atoms with E-state index < -0.39 is 11.0 Å². The standard InChI is InChI=1S/C24H26Cl2N6O4S/c1-5-31-22(21(13(2)3)28-23(34)17-9-7-15(25)10-18(17)26)29-30-24(31)37-12-20(33)27-16-8-6-14(4)19(11-16)32(35)36/h6-11,13,21H,5,12H2,1-4H3,(H,27,33)(H,28,34)/t21-/m0/s1. The average Bonchev–Trinajstić information content (AvgIpc) is 3.24. The lowest BCUT2D eigenvalue weighted by Gasteiger charge is -2.22. The van der Waals surface area contributed by atoms with Gasteiger partial charge in [-0.05, 0) is 44.0 Å².